The lowest BCUT2D eigenvalue weighted by molar-refractivity contribution is -0.135. The van der Waals surface area contributed by atoms with Crippen molar-refractivity contribution in [2.45, 2.75) is 89.3 Å². The molecule has 2 bridgehead atoms. The predicted octanol–water partition coefficient (Wildman–Crippen LogP) is 6.02. The summed E-state index contributed by atoms with van der Waals surface area (Å²) in [6.45, 7) is 4.05. The van der Waals surface area contributed by atoms with E-state index in [4.69, 9.17) is 11.6 Å². The third-order valence-electron chi connectivity index (χ3n) is 8.08. The first-order valence-corrected chi connectivity index (χ1v) is 14.1. The molecule has 0 unspecified atom stereocenters. The summed E-state index contributed by atoms with van der Waals surface area (Å²) < 4.78 is 0. The molecule has 0 spiro atoms. The fraction of sp³-hybridized carbons (Fsp3) is 0.593. The average molecular weight is 515 g/mol. The molecule has 0 aliphatic heterocycles. The second-order valence-electron chi connectivity index (χ2n) is 10.8. The Hall–Kier alpha value is -2.12. The summed E-state index contributed by atoms with van der Waals surface area (Å²) in [5, 5.41) is 10.5. The van der Waals surface area contributed by atoms with Crippen molar-refractivity contribution in [3.05, 3.63) is 44.9 Å². The highest BCUT2D eigenvalue weighted by Crippen LogP contribution is 2.57. The molecule has 4 aliphatic rings. The van der Waals surface area contributed by atoms with Gasteiger partial charge >= 0.3 is 0 Å². The normalized spacial score (nSPS) is 24.7. The fourth-order valence-electron chi connectivity index (χ4n) is 5.90. The largest absolute Gasteiger partial charge is 0.376 e. The van der Waals surface area contributed by atoms with Gasteiger partial charge in [-0.15, -0.1) is 11.3 Å². The lowest BCUT2D eigenvalue weighted by atomic mass is 9.50. The lowest BCUT2D eigenvalue weighted by Crippen LogP contribution is -2.70. The number of hydrogen-bond donors (Lipinski definition) is 3. The minimum Gasteiger partial charge on any atom is -0.376 e. The smallest absolute Gasteiger partial charge is 0.262 e. The molecule has 188 valence electrons. The van der Waals surface area contributed by atoms with E-state index in [2.05, 4.69) is 27.9 Å². The highest BCUT2D eigenvalue weighted by Gasteiger charge is 2.57. The van der Waals surface area contributed by atoms with Crippen LogP contribution in [0.25, 0.3) is 0 Å². The maximum absolute atomic E-state index is 13.2. The molecule has 2 atom stereocenters. The van der Waals surface area contributed by atoms with Gasteiger partial charge in [-0.2, -0.15) is 0 Å². The van der Waals surface area contributed by atoms with Gasteiger partial charge in [0.25, 0.3) is 5.91 Å². The van der Waals surface area contributed by atoms with E-state index in [0.717, 1.165) is 67.1 Å². The quantitative estimate of drug-likeness (QED) is 0.362. The molecule has 2 heterocycles. The Bertz CT molecular complexity index is 1080. The number of aryl methyl sites for hydroxylation is 1. The van der Waals surface area contributed by atoms with Crippen LogP contribution in [0.3, 0.4) is 0 Å². The number of carbonyl (C=O) groups is 2. The molecule has 35 heavy (non-hydrogen) atoms. The van der Waals surface area contributed by atoms with Crippen LogP contribution in [0.4, 0.5) is 5.69 Å². The van der Waals surface area contributed by atoms with Crippen LogP contribution in [-0.2, 0) is 4.79 Å². The highest BCUT2D eigenvalue weighted by atomic mass is 35.5. The summed E-state index contributed by atoms with van der Waals surface area (Å²) in [4.78, 5) is 32.5. The number of thiophene rings is 1. The second kappa shape index (κ2) is 10.1. The van der Waals surface area contributed by atoms with E-state index >= 15 is 0 Å². The number of rotatable bonds is 10. The Morgan fingerprint density at radius 3 is 2.63 bits per heavy atom. The molecule has 3 N–H and O–H groups in total. The number of pyridine rings is 1. The Morgan fingerprint density at radius 2 is 1.97 bits per heavy atom. The molecule has 0 radical (unpaired) electrons. The highest BCUT2D eigenvalue weighted by molar-refractivity contribution is 7.14. The van der Waals surface area contributed by atoms with Gasteiger partial charge < -0.3 is 16.0 Å². The van der Waals surface area contributed by atoms with Gasteiger partial charge in [0.15, 0.2) is 0 Å². The van der Waals surface area contributed by atoms with Gasteiger partial charge in [-0.1, -0.05) is 44.2 Å². The molecule has 4 aliphatic carbocycles. The minimum absolute atomic E-state index is 0.00258. The number of halogens is 1. The van der Waals surface area contributed by atoms with E-state index in [-0.39, 0.29) is 23.4 Å². The Morgan fingerprint density at radius 1 is 1.23 bits per heavy atom. The third kappa shape index (κ3) is 5.36. The summed E-state index contributed by atoms with van der Waals surface area (Å²) in [5.41, 5.74) is 1.79. The minimum atomic E-state index is -0.467. The number of anilines is 1. The van der Waals surface area contributed by atoms with Gasteiger partial charge in [0.1, 0.15) is 6.04 Å². The molecule has 4 fully saturated rings. The van der Waals surface area contributed by atoms with Crippen LogP contribution in [0.1, 0.15) is 91.0 Å². The maximum Gasteiger partial charge on any atom is 0.262 e. The number of hydrogen-bond acceptors (Lipinski definition) is 5. The van der Waals surface area contributed by atoms with Crippen molar-refractivity contribution in [2.24, 2.45) is 11.8 Å². The molecule has 8 heteroatoms. The van der Waals surface area contributed by atoms with Crippen molar-refractivity contribution in [1.82, 2.24) is 15.6 Å². The van der Waals surface area contributed by atoms with Crippen LogP contribution in [0.2, 0.25) is 5.02 Å². The van der Waals surface area contributed by atoms with Crippen LogP contribution in [-0.4, -0.2) is 28.4 Å². The molecule has 2 aromatic rings. The SMILES string of the molecule is CC[C@@H](Nc1cc(Cl)cnc1C)c1ccc(C(=O)N[C@@H](CC2CCCC2)C(=O)NC23CC(C2)C3)s1. The first kappa shape index (κ1) is 24.6. The van der Waals surface area contributed by atoms with Gasteiger partial charge in [0.05, 0.1) is 27.3 Å². The van der Waals surface area contributed by atoms with Crippen molar-refractivity contribution in [1.29, 1.82) is 0 Å². The summed E-state index contributed by atoms with van der Waals surface area (Å²) >= 11 is 7.62. The average Bonchev–Trinajstić information content (AvgIpc) is 3.47. The van der Waals surface area contributed by atoms with Gasteiger partial charge in [-0.25, -0.2) is 0 Å². The number of nitrogens with one attached hydrogen (secondary N) is 3. The van der Waals surface area contributed by atoms with Crippen molar-refractivity contribution in [3.8, 4) is 0 Å². The molecule has 6 rings (SSSR count). The standard InChI is InChI=1S/C27H35ClN4O2S/c1-3-20(30-21-11-19(28)15-29-16(21)2)23-8-9-24(35-23)26(34)31-22(10-17-6-4-5-7-17)25(33)32-27-12-18(13-27)14-27/h8-9,11,15,17-18,20,22,30H,3-7,10,12-14H2,1-2H3,(H,31,34)(H,32,33)/t18?,20-,22+,27?/m1/s1. The predicted molar refractivity (Wildman–Crippen MR) is 141 cm³/mol. The summed E-state index contributed by atoms with van der Waals surface area (Å²) in [7, 11) is 0. The van der Waals surface area contributed by atoms with Gasteiger partial charge in [0, 0.05) is 16.6 Å². The monoisotopic (exact) mass is 514 g/mol. The molecular weight excluding hydrogens is 480 g/mol. The molecule has 0 saturated heterocycles. The van der Waals surface area contributed by atoms with Crippen molar-refractivity contribution >= 4 is 40.4 Å². The first-order chi connectivity index (χ1) is 16.8. The Kier molecular flexibility index (Phi) is 7.09. The molecular formula is C27H35ClN4O2S. The van der Waals surface area contributed by atoms with E-state index in [1.165, 1.54) is 24.2 Å². The van der Waals surface area contributed by atoms with E-state index < -0.39 is 6.04 Å². The molecule has 6 nitrogen and oxygen atoms in total. The van der Waals surface area contributed by atoms with Gasteiger partial charge in [-0.05, 0) is 69.1 Å². The van der Waals surface area contributed by atoms with Crippen LogP contribution in [0.15, 0.2) is 24.4 Å². The van der Waals surface area contributed by atoms with Gasteiger partial charge in [0.2, 0.25) is 5.91 Å². The molecule has 2 amide bonds. The van der Waals surface area contributed by atoms with E-state index in [0.29, 0.717) is 15.8 Å². The number of aromatic nitrogens is 1. The number of carbonyl (C=O) groups excluding carboxylic acids is 2. The van der Waals surface area contributed by atoms with Crippen molar-refractivity contribution in [3.63, 3.8) is 0 Å². The molecule has 2 aromatic heterocycles. The molecule has 4 saturated carbocycles. The third-order valence-corrected chi connectivity index (χ3v) is 9.48. The zero-order valence-corrected chi connectivity index (χ0v) is 22.1. The van der Waals surface area contributed by atoms with E-state index in [9.17, 15) is 9.59 Å². The van der Waals surface area contributed by atoms with Crippen molar-refractivity contribution in [2.75, 3.05) is 5.32 Å². The van der Waals surface area contributed by atoms with E-state index in [1.807, 2.05) is 25.1 Å². The topological polar surface area (TPSA) is 83.1 Å². The van der Waals surface area contributed by atoms with Crippen molar-refractivity contribution < 1.29 is 9.59 Å². The molecule has 0 aromatic carbocycles. The zero-order chi connectivity index (χ0) is 24.6. The van der Waals surface area contributed by atoms with Crippen LogP contribution >= 0.6 is 22.9 Å². The number of amides is 2. The Balaban J connectivity index is 1.26. The fourth-order valence-corrected chi connectivity index (χ4v) is 7.10. The first-order valence-electron chi connectivity index (χ1n) is 13.0. The van der Waals surface area contributed by atoms with Gasteiger partial charge in [-0.3, -0.25) is 14.6 Å². The Labute approximate surface area is 216 Å². The zero-order valence-electron chi connectivity index (χ0n) is 20.5. The van der Waals surface area contributed by atoms with Crippen LogP contribution < -0.4 is 16.0 Å². The maximum atomic E-state index is 13.2. The summed E-state index contributed by atoms with van der Waals surface area (Å²) in [6.07, 6.45) is 11.3. The second-order valence-corrected chi connectivity index (χ2v) is 12.3. The lowest BCUT2D eigenvalue weighted by Gasteiger charge is -2.62. The summed E-state index contributed by atoms with van der Waals surface area (Å²) in [5.74, 6) is 1.15. The van der Waals surface area contributed by atoms with Crippen LogP contribution in [0.5, 0.6) is 0 Å². The van der Waals surface area contributed by atoms with Crippen LogP contribution in [0, 0.1) is 18.8 Å². The number of nitrogens with zero attached hydrogens (tertiary/aromatic N) is 1. The van der Waals surface area contributed by atoms with E-state index in [1.54, 1.807) is 6.20 Å². The summed E-state index contributed by atoms with van der Waals surface area (Å²) in [6, 6.07) is 5.33.